The highest BCUT2D eigenvalue weighted by molar-refractivity contribution is 8.00. The predicted octanol–water partition coefficient (Wildman–Crippen LogP) is -0.539. The number of hydrogen-bond acceptors (Lipinski definition) is 4. The van der Waals surface area contributed by atoms with Crippen LogP contribution in [0.4, 0.5) is 0 Å². The molecular formula is C4H8O4S. The van der Waals surface area contributed by atoms with Crippen molar-refractivity contribution in [2.24, 2.45) is 0 Å². The van der Waals surface area contributed by atoms with Crippen LogP contribution in [0.1, 0.15) is 6.92 Å². The Labute approximate surface area is 56.5 Å². The van der Waals surface area contributed by atoms with Crippen molar-refractivity contribution in [2.75, 3.05) is 0 Å². The number of rotatable bonds is 3. The number of carbonyl (C=O) groups is 1. The average Bonchev–Trinajstić information content (AvgIpc) is 1.63. The summed E-state index contributed by atoms with van der Waals surface area (Å²) in [5.74, 6) is -1.33. The van der Waals surface area contributed by atoms with Crippen molar-refractivity contribution < 1.29 is 20.1 Å². The molecule has 0 saturated carbocycles. The van der Waals surface area contributed by atoms with Crippen molar-refractivity contribution in [2.45, 2.75) is 17.8 Å². The monoisotopic (exact) mass is 152 g/mol. The second-order valence-corrected chi connectivity index (χ2v) is 2.83. The van der Waals surface area contributed by atoms with Gasteiger partial charge in [-0.15, -0.1) is 0 Å². The van der Waals surface area contributed by atoms with Gasteiger partial charge in [0.25, 0.3) is 0 Å². The number of aliphatic hydroxyl groups is 2. The summed E-state index contributed by atoms with van der Waals surface area (Å²) < 4.78 is 0. The molecule has 0 aromatic rings. The molecule has 0 rings (SSSR count). The molecule has 0 aliphatic heterocycles. The zero-order valence-corrected chi connectivity index (χ0v) is 5.63. The zero-order chi connectivity index (χ0) is 7.44. The Hall–Kier alpha value is -0.260. The van der Waals surface area contributed by atoms with Crippen molar-refractivity contribution in [1.82, 2.24) is 0 Å². The van der Waals surface area contributed by atoms with Gasteiger partial charge in [-0.05, 0) is 6.92 Å². The van der Waals surface area contributed by atoms with E-state index in [9.17, 15) is 4.79 Å². The molecule has 0 aromatic heterocycles. The van der Waals surface area contributed by atoms with Crippen LogP contribution in [0.5, 0.6) is 0 Å². The third-order valence-electron chi connectivity index (χ3n) is 0.537. The zero-order valence-electron chi connectivity index (χ0n) is 4.81. The first-order valence-corrected chi connectivity index (χ1v) is 3.22. The van der Waals surface area contributed by atoms with Crippen LogP contribution in [0.25, 0.3) is 0 Å². The molecule has 0 aromatic carbocycles. The summed E-state index contributed by atoms with van der Waals surface area (Å²) in [6.07, 6.45) is 0. The second-order valence-electron chi connectivity index (χ2n) is 1.43. The number of thioether (sulfide) groups is 1. The van der Waals surface area contributed by atoms with Crippen molar-refractivity contribution in [3.8, 4) is 0 Å². The fourth-order valence-electron chi connectivity index (χ4n) is 0.245. The van der Waals surface area contributed by atoms with E-state index in [1.54, 1.807) is 0 Å². The Morgan fingerprint density at radius 2 is 2.00 bits per heavy atom. The van der Waals surface area contributed by atoms with Crippen molar-refractivity contribution in [3.63, 3.8) is 0 Å². The maximum absolute atomic E-state index is 9.85. The fourth-order valence-corrected chi connectivity index (χ4v) is 0.734. The molecule has 0 radical (unpaired) electrons. The first-order chi connectivity index (χ1) is 4.04. The Morgan fingerprint density at radius 3 is 2.11 bits per heavy atom. The van der Waals surface area contributed by atoms with E-state index in [1.807, 2.05) is 0 Å². The van der Waals surface area contributed by atoms with Crippen molar-refractivity contribution in [1.29, 1.82) is 0 Å². The summed E-state index contributed by atoms with van der Waals surface area (Å²) in [6, 6.07) is 0. The summed E-state index contributed by atoms with van der Waals surface area (Å²) in [7, 11) is 0. The van der Waals surface area contributed by atoms with E-state index in [1.165, 1.54) is 6.92 Å². The van der Waals surface area contributed by atoms with Gasteiger partial charge >= 0.3 is 5.97 Å². The molecule has 9 heavy (non-hydrogen) atoms. The minimum absolute atomic E-state index is 0.574. The van der Waals surface area contributed by atoms with Crippen molar-refractivity contribution >= 4 is 17.7 Å². The summed E-state index contributed by atoms with van der Waals surface area (Å²) in [5, 5.41) is 25.1. The highest BCUT2D eigenvalue weighted by Crippen LogP contribution is 2.12. The van der Waals surface area contributed by atoms with E-state index in [2.05, 4.69) is 0 Å². The summed E-state index contributed by atoms with van der Waals surface area (Å²) in [4.78, 5) is 9.85. The SMILES string of the molecule is CC(O)SC(O)C(=O)O. The van der Waals surface area contributed by atoms with Crippen LogP contribution in [-0.4, -0.2) is 32.2 Å². The van der Waals surface area contributed by atoms with Gasteiger partial charge in [-0.2, -0.15) is 0 Å². The Kier molecular flexibility index (Phi) is 3.60. The van der Waals surface area contributed by atoms with Crippen LogP contribution in [0.2, 0.25) is 0 Å². The molecule has 0 fully saturated rings. The summed E-state index contributed by atoms with van der Waals surface area (Å²) in [6.45, 7) is 1.39. The highest BCUT2D eigenvalue weighted by atomic mass is 32.2. The van der Waals surface area contributed by atoms with Gasteiger partial charge in [0.1, 0.15) is 0 Å². The molecule has 2 unspecified atom stereocenters. The van der Waals surface area contributed by atoms with Crippen LogP contribution >= 0.6 is 11.8 Å². The third-order valence-corrected chi connectivity index (χ3v) is 1.39. The van der Waals surface area contributed by atoms with Crippen LogP contribution in [0.15, 0.2) is 0 Å². The van der Waals surface area contributed by atoms with Gasteiger partial charge in [0.15, 0.2) is 5.44 Å². The smallest absolute Gasteiger partial charge is 0.343 e. The first kappa shape index (κ1) is 8.74. The Morgan fingerprint density at radius 1 is 1.56 bits per heavy atom. The lowest BCUT2D eigenvalue weighted by atomic mass is 10.7. The van der Waals surface area contributed by atoms with Crippen LogP contribution in [-0.2, 0) is 4.79 Å². The molecule has 0 aliphatic rings. The van der Waals surface area contributed by atoms with Gasteiger partial charge in [-0.25, -0.2) is 4.79 Å². The molecule has 54 valence electrons. The van der Waals surface area contributed by atoms with E-state index in [-0.39, 0.29) is 0 Å². The lowest BCUT2D eigenvalue weighted by Gasteiger charge is -2.05. The maximum atomic E-state index is 9.85. The van der Waals surface area contributed by atoms with Crippen LogP contribution in [0, 0.1) is 0 Å². The fraction of sp³-hybridized carbons (Fsp3) is 0.750. The molecule has 3 N–H and O–H groups in total. The molecule has 0 heterocycles. The number of aliphatic carboxylic acids is 1. The molecule has 0 saturated heterocycles. The van der Waals surface area contributed by atoms with E-state index in [0.29, 0.717) is 11.8 Å². The van der Waals surface area contributed by atoms with Crippen molar-refractivity contribution in [3.05, 3.63) is 0 Å². The largest absolute Gasteiger partial charge is 0.479 e. The average molecular weight is 152 g/mol. The van der Waals surface area contributed by atoms with Gasteiger partial charge in [-0.3, -0.25) is 0 Å². The summed E-state index contributed by atoms with van der Waals surface area (Å²) >= 11 is 0.574. The standard InChI is InChI=1S/C4H8O4S/c1-2(5)9-4(8)3(6)7/h2,4-5,8H,1H3,(H,6,7). The number of hydrogen-bond donors (Lipinski definition) is 3. The molecule has 4 nitrogen and oxygen atoms in total. The molecule has 0 aliphatic carbocycles. The minimum atomic E-state index is -1.52. The molecule has 0 amide bonds. The van der Waals surface area contributed by atoms with Gasteiger partial charge in [-0.1, -0.05) is 11.8 Å². The van der Waals surface area contributed by atoms with E-state index < -0.39 is 16.8 Å². The lowest BCUT2D eigenvalue weighted by molar-refractivity contribution is -0.142. The first-order valence-electron chi connectivity index (χ1n) is 2.28. The molecule has 0 bridgehead atoms. The Balaban J connectivity index is 3.50. The third kappa shape index (κ3) is 4.26. The van der Waals surface area contributed by atoms with Gasteiger partial charge in [0.05, 0.1) is 5.44 Å². The van der Waals surface area contributed by atoms with Gasteiger partial charge < -0.3 is 15.3 Å². The normalized spacial score (nSPS) is 16.8. The lowest BCUT2D eigenvalue weighted by Crippen LogP contribution is -2.17. The van der Waals surface area contributed by atoms with E-state index in [0.717, 1.165) is 0 Å². The number of aliphatic hydroxyl groups excluding tert-OH is 2. The van der Waals surface area contributed by atoms with E-state index >= 15 is 0 Å². The Bertz CT molecular complexity index is 103. The van der Waals surface area contributed by atoms with E-state index in [4.69, 9.17) is 15.3 Å². The molecule has 5 heteroatoms. The minimum Gasteiger partial charge on any atom is -0.479 e. The molecule has 0 spiro atoms. The number of carboxylic acid groups (broad SMARTS) is 1. The topological polar surface area (TPSA) is 77.8 Å². The summed E-state index contributed by atoms with van der Waals surface area (Å²) in [5.41, 5.74) is -2.37. The number of carboxylic acids is 1. The van der Waals surface area contributed by atoms with Crippen LogP contribution < -0.4 is 0 Å². The quantitative estimate of drug-likeness (QED) is 0.473. The van der Waals surface area contributed by atoms with Gasteiger partial charge in [0, 0.05) is 0 Å². The molecule has 2 atom stereocenters. The molecular weight excluding hydrogens is 144 g/mol. The van der Waals surface area contributed by atoms with Crippen LogP contribution in [0.3, 0.4) is 0 Å². The highest BCUT2D eigenvalue weighted by Gasteiger charge is 2.15. The predicted molar refractivity (Wildman–Crippen MR) is 32.9 cm³/mol. The maximum Gasteiger partial charge on any atom is 0.343 e. The van der Waals surface area contributed by atoms with Gasteiger partial charge in [0.2, 0.25) is 0 Å². The second kappa shape index (κ2) is 3.71.